The molecule has 102 valence electrons. The highest BCUT2D eigenvalue weighted by atomic mass is 79.9. The minimum atomic E-state index is -0.268. The summed E-state index contributed by atoms with van der Waals surface area (Å²) in [5, 5.41) is 4.19. The molecule has 0 atom stereocenters. The summed E-state index contributed by atoms with van der Waals surface area (Å²) in [6.45, 7) is 5.08. The summed E-state index contributed by atoms with van der Waals surface area (Å²) in [6.07, 6.45) is 2.89. The predicted molar refractivity (Wildman–Crippen MR) is 82.2 cm³/mol. The van der Waals surface area contributed by atoms with Crippen LogP contribution >= 0.6 is 15.9 Å². The number of aromatic nitrogens is 1. The lowest BCUT2D eigenvalue weighted by atomic mass is 10.1. The zero-order valence-corrected chi connectivity index (χ0v) is 12.8. The van der Waals surface area contributed by atoms with Crippen LogP contribution in [0.3, 0.4) is 0 Å². The van der Waals surface area contributed by atoms with Gasteiger partial charge in [0.2, 0.25) is 0 Å². The smallest absolute Gasteiger partial charge is 0.149 e. The summed E-state index contributed by atoms with van der Waals surface area (Å²) in [4.78, 5) is 4.45. The summed E-state index contributed by atoms with van der Waals surface area (Å²) in [7, 11) is 0. The van der Waals surface area contributed by atoms with Crippen LogP contribution in [0.4, 0.5) is 10.1 Å². The molecule has 0 aliphatic heterocycles. The number of pyridine rings is 1. The maximum absolute atomic E-state index is 14.0. The monoisotopic (exact) mass is 324 g/mol. The molecule has 0 aliphatic carbocycles. The highest BCUT2D eigenvalue weighted by Gasteiger charge is 2.12. The van der Waals surface area contributed by atoms with Crippen molar-refractivity contribution in [3.63, 3.8) is 0 Å². The highest BCUT2D eigenvalue weighted by molar-refractivity contribution is 9.10. The van der Waals surface area contributed by atoms with Gasteiger partial charge in [0.1, 0.15) is 11.3 Å². The number of hydrogen-bond donors (Lipinski definition) is 1. The molecule has 0 bridgehead atoms. The quantitative estimate of drug-likeness (QED) is 0.845. The van der Waals surface area contributed by atoms with Gasteiger partial charge in [0.25, 0.3) is 0 Å². The van der Waals surface area contributed by atoms with Crippen molar-refractivity contribution >= 4 is 32.5 Å². The van der Waals surface area contributed by atoms with Crippen LogP contribution in [0.25, 0.3) is 10.9 Å². The highest BCUT2D eigenvalue weighted by Crippen LogP contribution is 2.32. The summed E-state index contributed by atoms with van der Waals surface area (Å²) in [5.74, 6) is -0.268. The molecule has 0 fully saturated rings. The number of halogens is 2. The second-order valence-corrected chi connectivity index (χ2v) is 5.45. The van der Waals surface area contributed by atoms with Crippen molar-refractivity contribution in [3.05, 3.63) is 34.2 Å². The predicted octanol–water partition coefficient (Wildman–Crippen LogP) is 4.91. The molecule has 1 aromatic carbocycles. The Hall–Kier alpha value is -1.16. The molecular weight excluding hydrogens is 307 g/mol. The Morgan fingerprint density at radius 2 is 2.05 bits per heavy atom. The molecule has 1 heterocycles. The van der Waals surface area contributed by atoms with Gasteiger partial charge < -0.3 is 5.32 Å². The third kappa shape index (κ3) is 3.06. The maximum atomic E-state index is 14.0. The third-order valence-corrected chi connectivity index (χ3v) is 3.65. The molecule has 0 radical (unpaired) electrons. The van der Waals surface area contributed by atoms with Gasteiger partial charge in [-0.15, -0.1) is 0 Å². The molecule has 1 aromatic heterocycles. The SMILES string of the molecule is CCCNc1cc(CCC)nc2c(F)ccc(Br)c12. The van der Waals surface area contributed by atoms with Crippen molar-refractivity contribution in [3.8, 4) is 0 Å². The van der Waals surface area contributed by atoms with Gasteiger partial charge in [0.05, 0.1) is 0 Å². The minimum Gasteiger partial charge on any atom is -0.384 e. The fourth-order valence-electron chi connectivity index (χ4n) is 2.10. The van der Waals surface area contributed by atoms with Crippen LogP contribution in [-0.2, 0) is 6.42 Å². The van der Waals surface area contributed by atoms with Crippen molar-refractivity contribution in [2.45, 2.75) is 33.1 Å². The van der Waals surface area contributed by atoms with Crippen LogP contribution in [0.15, 0.2) is 22.7 Å². The van der Waals surface area contributed by atoms with Crippen LogP contribution in [0.5, 0.6) is 0 Å². The summed E-state index contributed by atoms with van der Waals surface area (Å²) >= 11 is 3.49. The van der Waals surface area contributed by atoms with Crippen LogP contribution < -0.4 is 5.32 Å². The van der Waals surface area contributed by atoms with Gasteiger partial charge >= 0.3 is 0 Å². The second-order valence-electron chi connectivity index (χ2n) is 4.59. The molecular formula is C15H18BrFN2. The Morgan fingerprint density at radius 1 is 1.26 bits per heavy atom. The molecule has 0 aliphatic rings. The fraction of sp³-hybridized carbons (Fsp3) is 0.400. The number of aryl methyl sites for hydroxylation is 1. The van der Waals surface area contributed by atoms with Gasteiger partial charge in [-0.1, -0.05) is 36.2 Å². The van der Waals surface area contributed by atoms with Gasteiger partial charge in [-0.3, -0.25) is 0 Å². The number of fused-ring (bicyclic) bond motifs is 1. The van der Waals surface area contributed by atoms with Crippen LogP contribution in [-0.4, -0.2) is 11.5 Å². The molecule has 0 amide bonds. The van der Waals surface area contributed by atoms with E-state index in [0.717, 1.165) is 47.0 Å². The van der Waals surface area contributed by atoms with Gasteiger partial charge in [0, 0.05) is 27.8 Å². The van der Waals surface area contributed by atoms with Crippen molar-refractivity contribution in [2.24, 2.45) is 0 Å². The van der Waals surface area contributed by atoms with E-state index in [4.69, 9.17) is 0 Å². The minimum absolute atomic E-state index is 0.268. The van der Waals surface area contributed by atoms with Crippen LogP contribution in [0.1, 0.15) is 32.4 Å². The van der Waals surface area contributed by atoms with E-state index in [1.165, 1.54) is 6.07 Å². The average molecular weight is 325 g/mol. The number of nitrogens with zero attached hydrogens (tertiary/aromatic N) is 1. The Bertz CT molecular complexity index is 584. The zero-order chi connectivity index (χ0) is 13.8. The zero-order valence-electron chi connectivity index (χ0n) is 11.3. The topological polar surface area (TPSA) is 24.9 Å². The Labute approximate surface area is 121 Å². The van der Waals surface area contributed by atoms with Gasteiger partial charge in [-0.25, -0.2) is 9.37 Å². The number of rotatable bonds is 5. The summed E-state index contributed by atoms with van der Waals surface area (Å²) in [6, 6.07) is 5.22. The fourth-order valence-corrected chi connectivity index (χ4v) is 2.64. The van der Waals surface area contributed by atoms with Gasteiger partial charge in [-0.2, -0.15) is 0 Å². The van der Waals surface area contributed by atoms with E-state index in [2.05, 4.69) is 40.1 Å². The first-order valence-electron chi connectivity index (χ1n) is 6.68. The molecule has 2 nitrogen and oxygen atoms in total. The first-order valence-corrected chi connectivity index (χ1v) is 7.48. The van der Waals surface area contributed by atoms with Gasteiger partial charge in [0.15, 0.2) is 0 Å². The third-order valence-electron chi connectivity index (χ3n) is 2.99. The van der Waals surface area contributed by atoms with E-state index >= 15 is 0 Å². The van der Waals surface area contributed by atoms with Crippen LogP contribution in [0, 0.1) is 5.82 Å². The molecule has 4 heteroatoms. The lowest BCUT2D eigenvalue weighted by Crippen LogP contribution is -2.04. The van der Waals surface area contributed by atoms with Crippen LogP contribution in [0.2, 0.25) is 0 Å². The van der Waals surface area contributed by atoms with E-state index in [1.54, 1.807) is 6.07 Å². The Kier molecular flexibility index (Phi) is 4.75. The lowest BCUT2D eigenvalue weighted by Gasteiger charge is -2.13. The first-order chi connectivity index (χ1) is 9.17. The lowest BCUT2D eigenvalue weighted by molar-refractivity contribution is 0.636. The van der Waals surface area contributed by atoms with Crippen molar-refractivity contribution in [1.29, 1.82) is 0 Å². The van der Waals surface area contributed by atoms with Crippen molar-refractivity contribution < 1.29 is 4.39 Å². The molecule has 2 rings (SSSR count). The molecule has 2 aromatic rings. The normalized spacial score (nSPS) is 10.9. The van der Waals surface area contributed by atoms with Crippen molar-refractivity contribution in [2.75, 3.05) is 11.9 Å². The van der Waals surface area contributed by atoms with E-state index in [0.29, 0.717) is 5.52 Å². The Morgan fingerprint density at radius 3 is 2.74 bits per heavy atom. The number of nitrogens with one attached hydrogen (secondary N) is 1. The first kappa shape index (κ1) is 14.3. The molecule has 0 spiro atoms. The largest absolute Gasteiger partial charge is 0.384 e. The summed E-state index contributed by atoms with van der Waals surface area (Å²) < 4.78 is 14.9. The standard InChI is InChI=1S/C15H18BrFN2/c1-3-5-10-9-13(18-8-4-2)14-11(16)6-7-12(17)15(14)19-10/h6-7,9H,3-5,8H2,1-2H3,(H,18,19). The number of benzene rings is 1. The number of hydrogen-bond acceptors (Lipinski definition) is 2. The second kappa shape index (κ2) is 6.33. The molecule has 1 N–H and O–H groups in total. The maximum Gasteiger partial charge on any atom is 0.149 e. The molecule has 19 heavy (non-hydrogen) atoms. The number of anilines is 1. The summed E-state index contributed by atoms with van der Waals surface area (Å²) in [5.41, 5.74) is 2.34. The molecule has 0 unspecified atom stereocenters. The van der Waals surface area contributed by atoms with Crippen molar-refractivity contribution in [1.82, 2.24) is 4.98 Å². The Balaban J connectivity index is 2.63. The van der Waals surface area contributed by atoms with E-state index in [9.17, 15) is 4.39 Å². The van der Waals surface area contributed by atoms with Gasteiger partial charge in [-0.05, 0) is 31.0 Å². The van der Waals surface area contributed by atoms with E-state index in [-0.39, 0.29) is 5.82 Å². The van der Waals surface area contributed by atoms with E-state index in [1.807, 2.05) is 6.07 Å². The molecule has 0 saturated heterocycles. The molecule has 0 saturated carbocycles. The van der Waals surface area contributed by atoms with E-state index < -0.39 is 0 Å². The average Bonchev–Trinajstić information content (AvgIpc) is 2.40.